The Morgan fingerprint density at radius 1 is 1.50 bits per heavy atom. The number of nitrogens with zero attached hydrogens (tertiary/aromatic N) is 2. The lowest BCUT2D eigenvalue weighted by Gasteiger charge is -2.27. The molecule has 4 nitrogen and oxygen atoms in total. The molecule has 98 valence electrons. The number of aryl methyl sites for hydroxylation is 1. The number of carboxylic acid groups (broad SMARTS) is 1. The molecule has 0 unspecified atom stereocenters. The molecule has 1 aromatic heterocycles. The van der Waals surface area contributed by atoms with Gasteiger partial charge in [-0.2, -0.15) is 5.26 Å². The number of thiophene rings is 1. The molecule has 0 aliphatic carbocycles. The minimum atomic E-state index is -0.816. The number of carbonyl (C=O) groups is 1. The highest BCUT2D eigenvalue weighted by molar-refractivity contribution is 7.16. The molecule has 0 fully saturated rings. The van der Waals surface area contributed by atoms with Crippen molar-refractivity contribution >= 4 is 22.3 Å². The Kier molecular flexibility index (Phi) is 4.74. The monoisotopic (exact) mass is 266 g/mol. The van der Waals surface area contributed by atoms with E-state index in [-0.39, 0.29) is 12.5 Å². The van der Waals surface area contributed by atoms with Crippen LogP contribution in [0, 0.1) is 25.2 Å². The molecule has 0 amide bonds. The smallest absolute Gasteiger partial charge is 0.305 e. The van der Waals surface area contributed by atoms with E-state index < -0.39 is 5.97 Å². The normalized spacial score (nSPS) is 10.4. The van der Waals surface area contributed by atoms with E-state index in [4.69, 9.17) is 5.11 Å². The van der Waals surface area contributed by atoms with Crippen LogP contribution in [0.25, 0.3) is 0 Å². The van der Waals surface area contributed by atoms with E-state index >= 15 is 0 Å². The zero-order valence-electron chi connectivity index (χ0n) is 11.1. The third-order valence-corrected chi connectivity index (χ3v) is 4.17. The predicted octanol–water partition coefficient (Wildman–Crippen LogP) is 2.93. The van der Waals surface area contributed by atoms with E-state index in [1.54, 1.807) is 11.3 Å². The second-order valence-corrected chi connectivity index (χ2v) is 5.71. The van der Waals surface area contributed by atoms with Crippen molar-refractivity contribution in [2.24, 2.45) is 0 Å². The summed E-state index contributed by atoms with van der Waals surface area (Å²) in [6.45, 7) is 8.37. The Morgan fingerprint density at radius 2 is 2.11 bits per heavy atom. The van der Waals surface area contributed by atoms with Crippen LogP contribution in [0.5, 0.6) is 0 Å². The molecule has 0 radical (unpaired) electrons. The van der Waals surface area contributed by atoms with Gasteiger partial charge in [0.15, 0.2) is 0 Å². The zero-order valence-corrected chi connectivity index (χ0v) is 12.0. The fraction of sp³-hybridized carbons (Fsp3) is 0.538. The Bertz CT molecular complexity index is 486. The van der Waals surface area contributed by atoms with Crippen molar-refractivity contribution in [2.75, 3.05) is 11.4 Å². The first-order chi connectivity index (χ1) is 8.38. The summed E-state index contributed by atoms with van der Waals surface area (Å²) in [5.41, 5.74) is 1.68. The van der Waals surface area contributed by atoms with Crippen molar-refractivity contribution in [3.63, 3.8) is 0 Å². The third kappa shape index (κ3) is 3.02. The number of anilines is 1. The first-order valence-corrected chi connectivity index (χ1v) is 6.68. The maximum atomic E-state index is 10.7. The van der Waals surface area contributed by atoms with Crippen molar-refractivity contribution in [1.82, 2.24) is 0 Å². The lowest BCUT2D eigenvalue weighted by Crippen LogP contribution is -2.32. The quantitative estimate of drug-likeness (QED) is 0.890. The van der Waals surface area contributed by atoms with Gasteiger partial charge in [0.25, 0.3) is 0 Å². The second kappa shape index (κ2) is 5.87. The van der Waals surface area contributed by atoms with Gasteiger partial charge < -0.3 is 10.0 Å². The first-order valence-electron chi connectivity index (χ1n) is 5.87. The van der Waals surface area contributed by atoms with Crippen LogP contribution >= 0.6 is 11.3 Å². The molecule has 0 aliphatic heterocycles. The SMILES string of the molecule is Cc1sc(N(CCC(=O)O)C(C)C)c(C#N)c1C. The molecular formula is C13H18N2O2S. The van der Waals surface area contributed by atoms with Crippen LogP contribution in [-0.4, -0.2) is 23.7 Å². The summed E-state index contributed by atoms with van der Waals surface area (Å²) < 4.78 is 0. The number of carboxylic acids is 1. The summed E-state index contributed by atoms with van der Waals surface area (Å²) in [6, 6.07) is 2.40. The molecule has 18 heavy (non-hydrogen) atoms. The van der Waals surface area contributed by atoms with Crippen molar-refractivity contribution in [1.29, 1.82) is 5.26 Å². The van der Waals surface area contributed by atoms with E-state index in [1.165, 1.54) is 0 Å². The van der Waals surface area contributed by atoms with E-state index in [0.717, 1.165) is 15.4 Å². The molecule has 1 N–H and O–H groups in total. The summed E-state index contributed by atoms with van der Waals surface area (Å²) in [4.78, 5) is 13.8. The highest BCUT2D eigenvalue weighted by atomic mass is 32.1. The highest BCUT2D eigenvalue weighted by Crippen LogP contribution is 2.35. The molecule has 0 saturated heterocycles. The Labute approximate surface area is 111 Å². The fourth-order valence-electron chi connectivity index (χ4n) is 1.75. The Hall–Kier alpha value is -1.54. The van der Waals surface area contributed by atoms with E-state index in [9.17, 15) is 10.1 Å². The van der Waals surface area contributed by atoms with E-state index in [0.29, 0.717) is 12.1 Å². The lowest BCUT2D eigenvalue weighted by molar-refractivity contribution is -0.136. The second-order valence-electron chi connectivity index (χ2n) is 4.51. The molecule has 1 heterocycles. The summed E-state index contributed by atoms with van der Waals surface area (Å²) in [6.07, 6.45) is 0.0824. The molecule has 0 bridgehead atoms. The van der Waals surface area contributed by atoms with Crippen molar-refractivity contribution < 1.29 is 9.90 Å². The van der Waals surface area contributed by atoms with Crippen LogP contribution < -0.4 is 4.90 Å². The van der Waals surface area contributed by atoms with Crippen LogP contribution in [0.4, 0.5) is 5.00 Å². The zero-order chi connectivity index (χ0) is 13.9. The molecule has 0 aliphatic rings. The van der Waals surface area contributed by atoms with Gasteiger partial charge in [0, 0.05) is 17.5 Å². The molecule has 1 aromatic rings. The largest absolute Gasteiger partial charge is 0.481 e. The van der Waals surface area contributed by atoms with Crippen LogP contribution in [0.1, 0.15) is 36.3 Å². The number of nitriles is 1. The Morgan fingerprint density at radius 3 is 2.56 bits per heavy atom. The van der Waals surface area contributed by atoms with Gasteiger partial charge >= 0.3 is 5.97 Å². The first kappa shape index (κ1) is 14.5. The van der Waals surface area contributed by atoms with Gasteiger partial charge in [0.1, 0.15) is 11.1 Å². The standard InChI is InChI=1S/C13H18N2O2S/c1-8(2)15(6-5-12(16)17)13-11(7-14)9(3)10(4)18-13/h8H,5-6H2,1-4H3,(H,16,17). The molecule has 0 saturated carbocycles. The molecule has 1 rings (SSSR count). The van der Waals surface area contributed by atoms with E-state index in [2.05, 4.69) is 6.07 Å². The van der Waals surface area contributed by atoms with Crippen LogP contribution in [0.2, 0.25) is 0 Å². The van der Waals surface area contributed by atoms with Gasteiger partial charge in [0.05, 0.1) is 12.0 Å². The average molecular weight is 266 g/mol. The maximum Gasteiger partial charge on any atom is 0.305 e. The number of hydrogen-bond donors (Lipinski definition) is 1. The van der Waals surface area contributed by atoms with Gasteiger partial charge in [-0.15, -0.1) is 11.3 Å². The minimum Gasteiger partial charge on any atom is -0.481 e. The highest BCUT2D eigenvalue weighted by Gasteiger charge is 2.20. The van der Waals surface area contributed by atoms with Crippen molar-refractivity contribution in [3.05, 3.63) is 16.0 Å². The molecule has 0 spiro atoms. The Balaban J connectivity index is 3.10. The predicted molar refractivity (Wildman–Crippen MR) is 73.2 cm³/mol. The van der Waals surface area contributed by atoms with Gasteiger partial charge in [-0.1, -0.05) is 0 Å². The third-order valence-electron chi connectivity index (χ3n) is 2.93. The lowest BCUT2D eigenvalue weighted by atomic mass is 10.1. The summed E-state index contributed by atoms with van der Waals surface area (Å²) in [5, 5.41) is 18.9. The van der Waals surface area contributed by atoms with Crippen molar-refractivity contribution in [3.8, 4) is 6.07 Å². The van der Waals surface area contributed by atoms with Crippen molar-refractivity contribution in [2.45, 2.75) is 40.2 Å². The average Bonchev–Trinajstić information content (AvgIpc) is 2.54. The number of hydrogen-bond acceptors (Lipinski definition) is 4. The summed E-state index contributed by atoms with van der Waals surface area (Å²) in [5.74, 6) is -0.816. The van der Waals surface area contributed by atoms with E-state index in [1.807, 2.05) is 32.6 Å². The van der Waals surface area contributed by atoms with Crippen LogP contribution in [-0.2, 0) is 4.79 Å². The molecular weight excluding hydrogens is 248 g/mol. The molecule has 5 heteroatoms. The number of aliphatic carboxylic acids is 1. The summed E-state index contributed by atoms with van der Waals surface area (Å²) >= 11 is 1.56. The van der Waals surface area contributed by atoms with Gasteiger partial charge in [0.2, 0.25) is 0 Å². The van der Waals surface area contributed by atoms with Crippen LogP contribution in [0.15, 0.2) is 0 Å². The van der Waals surface area contributed by atoms with Crippen LogP contribution in [0.3, 0.4) is 0 Å². The maximum absolute atomic E-state index is 10.7. The minimum absolute atomic E-state index is 0.0824. The van der Waals surface area contributed by atoms with Gasteiger partial charge in [-0.3, -0.25) is 4.79 Å². The molecule has 0 atom stereocenters. The summed E-state index contributed by atoms with van der Waals surface area (Å²) in [7, 11) is 0. The van der Waals surface area contributed by atoms with Gasteiger partial charge in [-0.25, -0.2) is 0 Å². The fourth-order valence-corrected chi connectivity index (χ4v) is 3.02. The topological polar surface area (TPSA) is 64.3 Å². The number of rotatable bonds is 5. The van der Waals surface area contributed by atoms with Gasteiger partial charge in [-0.05, 0) is 33.3 Å². The molecule has 0 aromatic carbocycles.